The highest BCUT2D eigenvalue weighted by Gasteiger charge is 2.48. The number of ether oxygens (including phenoxy) is 2. The molecule has 4 N–H and O–H groups in total. The van der Waals surface area contributed by atoms with E-state index in [-0.39, 0.29) is 68.7 Å². The average molecular weight is 691 g/mol. The zero-order valence-electron chi connectivity index (χ0n) is 24.5. The predicted octanol–water partition coefficient (Wildman–Crippen LogP) is 2.05. The van der Waals surface area contributed by atoms with Crippen LogP contribution in [0.2, 0.25) is 5.02 Å². The van der Waals surface area contributed by atoms with Gasteiger partial charge in [0.2, 0.25) is 21.8 Å². The third-order valence-corrected chi connectivity index (χ3v) is 9.05. The van der Waals surface area contributed by atoms with Gasteiger partial charge in [-0.15, -0.1) is 0 Å². The fourth-order valence-electron chi connectivity index (χ4n) is 5.07. The number of carbonyl (C=O) groups excluding carboxylic acids is 3. The number of sulfonamides is 1. The van der Waals surface area contributed by atoms with Gasteiger partial charge in [-0.1, -0.05) is 29.8 Å². The molecule has 1 saturated carbocycles. The predicted molar refractivity (Wildman–Crippen MR) is 159 cm³/mol. The maximum absolute atomic E-state index is 15.2. The second-order valence-corrected chi connectivity index (χ2v) is 12.9. The van der Waals surface area contributed by atoms with Gasteiger partial charge < -0.3 is 25.2 Å². The van der Waals surface area contributed by atoms with E-state index in [9.17, 15) is 31.6 Å². The smallest absolute Gasteiger partial charge is 0.252 e. The first-order chi connectivity index (χ1) is 21.8. The van der Waals surface area contributed by atoms with Crippen LogP contribution in [0.3, 0.4) is 0 Å². The Morgan fingerprint density at radius 2 is 1.80 bits per heavy atom. The van der Waals surface area contributed by atoms with Gasteiger partial charge in [-0.05, 0) is 30.7 Å². The van der Waals surface area contributed by atoms with Crippen molar-refractivity contribution in [3.8, 4) is 0 Å². The van der Waals surface area contributed by atoms with E-state index in [1.807, 2.05) is 0 Å². The van der Waals surface area contributed by atoms with Gasteiger partial charge in [0.15, 0.2) is 0 Å². The Labute approximate surface area is 268 Å². The molecule has 1 heterocycles. The van der Waals surface area contributed by atoms with Crippen LogP contribution in [0, 0.1) is 5.82 Å². The minimum Gasteiger partial charge on any atom is -0.394 e. The van der Waals surface area contributed by atoms with Gasteiger partial charge in [0.1, 0.15) is 17.9 Å². The SMILES string of the molecule is O=C1CCC(C(=O)N(c2cc(F)cc(S(=O)(=O)NCCOCCOCCO)c2)C(C(=O)NC2CC(F)(F)C2)c2ccccc2Cl)N1. The summed E-state index contributed by atoms with van der Waals surface area (Å²) in [6.07, 6.45) is -1.23. The van der Waals surface area contributed by atoms with Crippen LogP contribution in [0.1, 0.15) is 37.3 Å². The number of anilines is 1. The number of aliphatic hydroxyl groups is 1. The third-order valence-electron chi connectivity index (χ3n) is 7.26. The molecule has 1 aliphatic carbocycles. The van der Waals surface area contributed by atoms with Crippen LogP contribution >= 0.6 is 11.6 Å². The Bertz CT molecular complexity index is 1530. The monoisotopic (exact) mass is 690 g/mol. The molecule has 2 aliphatic rings. The Kier molecular flexibility index (Phi) is 12.0. The Morgan fingerprint density at radius 3 is 2.43 bits per heavy atom. The summed E-state index contributed by atoms with van der Waals surface area (Å²) in [5.41, 5.74) is -0.305. The standard InChI is InChI=1S/C29H34ClF3N4O8S/c30-23-4-2-1-3-22(23)26(27(40)35-19-16-29(32,33)17-19)37(28(41)24-5-6-25(39)36-24)20-13-18(31)14-21(15-20)46(42,43)34-7-9-44-11-12-45-10-8-38/h1-4,13-15,19,24,26,34,38H,5-12,16-17H2,(H,35,40)(H,36,39). The maximum Gasteiger partial charge on any atom is 0.252 e. The number of aliphatic hydroxyl groups excluding tert-OH is 1. The molecule has 0 aromatic heterocycles. The van der Waals surface area contributed by atoms with E-state index in [2.05, 4.69) is 15.4 Å². The summed E-state index contributed by atoms with van der Waals surface area (Å²) in [6, 6.07) is 4.73. The molecule has 1 saturated heterocycles. The van der Waals surface area contributed by atoms with Crippen LogP contribution in [0.15, 0.2) is 47.4 Å². The van der Waals surface area contributed by atoms with Gasteiger partial charge >= 0.3 is 0 Å². The lowest BCUT2D eigenvalue weighted by molar-refractivity contribution is -0.133. The van der Waals surface area contributed by atoms with Crippen molar-refractivity contribution in [1.29, 1.82) is 0 Å². The fourth-order valence-corrected chi connectivity index (χ4v) is 6.37. The van der Waals surface area contributed by atoms with E-state index in [4.69, 9.17) is 26.2 Å². The molecule has 0 bridgehead atoms. The van der Waals surface area contributed by atoms with Gasteiger partial charge in [0, 0.05) is 48.1 Å². The summed E-state index contributed by atoms with van der Waals surface area (Å²) >= 11 is 6.45. The highest BCUT2D eigenvalue weighted by Crippen LogP contribution is 2.39. The van der Waals surface area contributed by atoms with E-state index >= 15 is 4.39 Å². The van der Waals surface area contributed by atoms with Gasteiger partial charge in [-0.2, -0.15) is 0 Å². The van der Waals surface area contributed by atoms with Crippen molar-refractivity contribution in [2.75, 3.05) is 44.5 Å². The van der Waals surface area contributed by atoms with E-state index in [0.29, 0.717) is 0 Å². The number of hydrogen-bond donors (Lipinski definition) is 4. The molecular weight excluding hydrogens is 657 g/mol. The lowest BCUT2D eigenvalue weighted by Gasteiger charge is -2.38. The number of hydrogen-bond acceptors (Lipinski definition) is 8. The highest BCUT2D eigenvalue weighted by molar-refractivity contribution is 7.89. The number of benzene rings is 2. The summed E-state index contributed by atoms with van der Waals surface area (Å²) in [7, 11) is -4.39. The highest BCUT2D eigenvalue weighted by atomic mass is 35.5. The molecule has 2 fully saturated rings. The molecule has 17 heteroatoms. The molecule has 2 unspecified atom stereocenters. The van der Waals surface area contributed by atoms with E-state index in [0.717, 1.165) is 23.1 Å². The zero-order chi connectivity index (χ0) is 33.5. The summed E-state index contributed by atoms with van der Waals surface area (Å²) in [4.78, 5) is 40.1. The Morgan fingerprint density at radius 1 is 1.11 bits per heavy atom. The Hall–Kier alpha value is -3.28. The van der Waals surface area contributed by atoms with Crippen molar-refractivity contribution in [2.24, 2.45) is 0 Å². The van der Waals surface area contributed by atoms with Gasteiger partial charge in [0.05, 0.1) is 37.9 Å². The van der Waals surface area contributed by atoms with E-state index in [1.54, 1.807) is 6.07 Å². The molecule has 252 valence electrons. The molecule has 4 rings (SSSR count). The number of alkyl halides is 2. The van der Waals surface area contributed by atoms with Crippen molar-refractivity contribution < 1.29 is 50.6 Å². The topological polar surface area (TPSA) is 163 Å². The molecule has 2 aromatic rings. The van der Waals surface area contributed by atoms with Crippen LogP contribution in [-0.4, -0.2) is 88.8 Å². The molecule has 0 spiro atoms. The number of nitrogens with one attached hydrogen (secondary N) is 3. The van der Waals surface area contributed by atoms with Gasteiger partial charge in [-0.25, -0.2) is 26.3 Å². The van der Waals surface area contributed by atoms with Crippen molar-refractivity contribution in [3.05, 3.63) is 58.9 Å². The zero-order valence-corrected chi connectivity index (χ0v) is 26.1. The minimum absolute atomic E-state index is 0.00725. The van der Waals surface area contributed by atoms with Crippen molar-refractivity contribution in [3.63, 3.8) is 0 Å². The van der Waals surface area contributed by atoms with Crippen LogP contribution in [0.5, 0.6) is 0 Å². The maximum atomic E-state index is 15.2. The van der Waals surface area contributed by atoms with Crippen LogP contribution < -0.4 is 20.3 Å². The minimum atomic E-state index is -4.39. The number of rotatable bonds is 16. The van der Waals surface area contributed by atoms with Crippen LogP contribution in [-0.2, 0) is 33.9 Å². The summed E-state index contributed by atoms with van der Waals surface area (Å²) in [5, 5.41) is 13.7. The van der Waals surface area contributed by atoms with Gasteiger partial charge in [0.25, 0.3) is 11.8 Å². The summed E-state index contributed by atoms with van der Waals surface area (Å²) in [5.74, 6) is -6.27. The first-order valence-electron chi connectivity index (χ1n) is 14.4. The number of amides is 3. The second kappa shape index (κ2) is 15.5. The van der Waals surface area contributed by atoms with Crippen molar-refractivity contribution >= 4 is 45.0 Å². The molecule has 3 amide bonds. The third kappa shape index (κ3) is 9.17. The summed E-state index contributed by atoms with van der Waals surface area (Å²) in [6.45, 7) is 0.00329. The van der Waals surface area contributed by atoms with Crippen molar-refractivity contribution in [1.82, 2.24) is 15.4 Å². The first kappa shape index (κ1) is 35.6. The van der Waals surface area contributed by atoms with Crippen LogP contribution in [0.25, 0.3) is 0 Å². The quantitative estimate of drug-likeness (QED) is 0.195. The van der Waals surface area contributed by atoms with Crippen LogP contribution in [0.4, 0.5) is 18.9 Å². The van der Waals surface area contributed by atoms with Gasteiger partial charge in [-0.3, -0.25) is 19.3 Å². The first-order valence-corrected chi connectivity index (χ1v) is 16.3. The van der Waals surface area contributed by atoms with Crippen molar-refractivity contribution in [2.45, 2.75) is 54.6 Å². The lowest BCUT2D eigenvalue weighted by atomic mass is 9.87. The molecule has 0 radical (unpaired) electrons. The molecule has 1 aliphatic heterocycles. The van der Waals surface area contributed by atoms with E-state index < -0.39 is 75.3 Å². The Balaban J connectivity index is 1.68. The number of nitrogens with zero attached hydrogens (tertiary/aromatic N) is 1. The molecule has 46 heavy (non-hydrogen) atoms. The second-order valence-electron chi connectivity index (χ2n) is 10.8. The molecule has 12 nitrogen and oxygen atoms in total. The fraction of sp³-hybridized carbons (Fsp3) is 0.483. The largest absolute Gasteiger partial charge is 0.394 e. The average Bonchev–Trinajstić information content (AvgIpc) is 3.42. The van der Waals surface area contributed by atoms with E-state index in [1.165, 1.54) is 18.2 Å². The number of carbonyl (C=O) groups is 3. The molecule has 2 aromatic carbocycles. The number of halogens is 4. The molecular formula is C29H34ClF3N4O8S. The summed E-state index contributed by atoms with van der Waals surface area (Å²) < 4.78 is 81.3. The lowest BCUT2D eigenvalue weighted by Crippen LogP contribution is -2.55. The molecule has 2 atom stereocenters. The normalized spacial score (nSPS) is 18.5.